The van der Waals surface area contributed by atoms with E-state index in [2.05, 4.69) is 14.8 Å². The number of carbonyl (C=O) groups is 1. The standard InChI is InChI=1S/C13H15N3O3/c1-18-13(17)12-14-11-4-2-3-10(16(11)15-12)9-5-7-19-8-6-9/h2-4,9H,5-8H2,1H3. The summed E-state index contributed by atoms with van der Waals surface area (Å²) in [7, 11) is 1.33. The molecule has 6 heteroatoms. The van der Waals surface area contributed by atoms with Gasteiger partial charge in [0.1, 0.15) is 0 Å². The minimum atomic E-state index is -0.512. The second-order valence-corrected chi connectivity index (χ2v) is 4.53. The largest absolute Gasteiger partial charge is 0.463 e. The number of methoxy groups -OCH3 is 1. The number of carbonyl (C=O) groups excluding carboxylic acids is 1. The highest BCUT2D eigenvalue weighted by molar-refractivity contribution is 5.85. The van der Waals surface area contributed by atoms with Crippen LogP contribution in [0.2, 0.25) is 0 Å². The third-order valence-electron chi connectivity index (χ3n) is 3.40. The van der Waals surface area contributed by atoms with Crippen molar-refractivity contribution in [3.63, 3.8) is 0 Å². The van der Waals surface area contributed by atoms with Gasteiger partial charge in [-0.3, -0.25) is 0 Å². The fraction of sp³-hybridized carbons (Fsp3) is 0.462. The zero-order valence-electron chi connectivity index (χ0n) is 10.7. The van der Waals surface area contributed by atoms with Crippen molar-refractivity contribution in [2.75, 3.05) is 20.3 Å². The van der Waals surface area contributed by atoms with Crippen LogP contribution in [0.1, 0.15) is 35.1 Å². The lowest BCUT2D eigenvalue weighted by Gasteiger charge is -2.22. The molecular formula is C13H15N3O3. The van der Waals surface area contributed by atoms with Gasteiger partial charge in [0.05, 0.1) is 7.11 Å². The van der Waals surface area contributed by atoms with E-state index in [1.165, 1.54) is 7.11 Å². The Morgan fingerprint density at radius 2 is 2.21 bits per heavy atom. The average Bonchev–Trinajstić information content (AvgIpc) is 2.91. The minimum Gasteiger partial charge on any atom is -0.463 e. The molecule has 0 amide bonds. The van der Waals surface area contributed by atoms with Gasteiger partial charge in [0, 0.05) is 24.8 Å². The van der Waals surface area contributed by atoms with E-state index in [4.69, 9.17) is 4.74 Å². The molecule has 0 radical (unpaired) electrons. The maximum Gasteiger partial charge on any atom is 0.377 e. The van der Waals surface area contributed by atoms with Crippen LogP contribution in [0.25, 0.3) is 5.65 Å². The number of rotatable bonds is 2. The molecular weight excluding hydrogens is 246 g/mol. The highest BCUT2D eigenvalue weighted by Gasteiger charge is 2.21. The van der Waals surface area contributed by atoms with Crippen LogP contribution in [0.3, 0.4) is 0 Å². The molecule has 0 N–H and O–H groups in total. The maximum absolute atomic E-state index is 11.5. The smallest absolute Gasteiger partial charge is 0.377 e. The van der Waals surface area contributed by atoms with Crippen LogP contribution < -0.4 is 0 Å². The summed E-state index contributed by atoms with van der Waals surface area (Å²) in [4.78, 5) is 15.7. The van der Waals surface area contributed by atoms with Gasteiger partial charge in [-0.15, -0.1) is 5.10 Å². The Labute approximate surface area is 110 Å². The van der Waals surface area contributed by atoms with Gasteiger partial charge < -0.3 is 9.47 Å². The predicted octanol–water partition coefficient (Wildman–Crippen LogP) is 1.41. The van der Waals surface area contributed by atoms with Crippen molar-refractivity contribution in [1.82, 2.24) is 14.6 Å². The molecule has 0 saturated carbocycles. The van der Waals surface area contributed by atoms with E-state index in [1.54, 1.807) is 4.52 Å². The summed E-state index contributed by atoms with van der Waals surface area (Å²) in [6.45, 7) is 1.53. The van der Waals surface area contributed by atoms with Crippen LogP contribution in [0.15, 0.2) is 18.2 Å². The summed E-state index contributed by atoms with van der Waals surface area (Å²) in [5.41, 5.74) is 1.74. The third-order valence-corrected chi connectivity index (χ3v) is 3.40. The molecule has 6 nitrogen and oxygen atoms in total. The molecule has 3 rings (SSSR count). The first-order valence-corrected chi connectivity index (χ1v) is 6.31. The van der Waals surface area contributed by atoms with Gasteiger partial charge >= 0.3 is 5.97 Å². The number of hydrogen-bond donors (Lipinski definition) is 0. The molecule has 0 unspecified atom stereocenters. The van der Waals surface area contributed by atoms with Crippen molar-refractivity contribution >= 4 is 11.6 Å². The fourth-order valence-corrected chi connectivity index (χ4v) is 2.41. The molecule has 0 atom stereocenters. The second kappa shape index (κ2) is 4.97. The van der Waals surface area contributed by atoms with E-state index in [0.29, 0.717) is 11.6 Å². The predicted molar refractivity (Wildman–Crippen MR) is 67.1 cm³/mol. The van der Waals surface area contributed by atoms with Crippen molar-refractivity contribution in [2.45, 2.75) is 18.8 Å². The highest BCUT2D eigenvalue weighted by atomic mass is 16.5. The molecule has 3 heterocycles. The molecule has 1 fully saturated rings. The number of ether oxygens (including phenoxy) is 2. The number of aromatic nitrogens is 3. The monoisotopic (exact) mass is 261 g/mol. The normalized spacial score (nSPS) is 16.7. The molecule has 1 aliphatic rings. The molecule has 0 aromatic carbocycles. The summed E-state index contributed by atoms with van der Waals surface area (Å²) < 4.78 is 11.8. The quantitative estimate of drug-likeness (QED) is 0.765. The first-order chi connectivity index (χ1) is 9.29. The third kappa shape index (κ3) is 2.19. The molecule has 2 aromatic heterocycles. The van der Waals surface area contributed by atoms with Crippen LogP contribution in [-0.2, 0) is 9.47 Å². The van der Waals surface area contributed by atoms with Crippen molar-refractivity contribution in [3.05, 3.63) is 29.7 Å². The summed E-state index contributed by atoms with van der Waals surface area (Å²) in [5.74, 6) is -0.0201. The van der Waals surface area contributed by atoms with Crippen molar-refractivity contribution < 1.29 is 14.3 Å². The summed E-state index contributed by atoms with van der Waals surface area (Å²) in [6.07, 6.45) is 1.93. The number of fused-ring (bicyclic) bond motifs is 1. The van der Waals surface area contributed by atoms with Crippen LogP contribution in [-0.4, -0.2) is 40.9 Å². The number of esters is 1. The Morgan fingerprint density at radius 1 is 1.42 bits per heavy atom. The van der Waals surface area contributed by atoms with Crippen LogP contribution in [0.4, 0.5) is 0 Å². The Balaban J connectivity index is 2.04. The van der Waals surface area contributed by atoms with E-state index < -0.39 is 5.97 Å². The summed E-state index contributed by atoms with van der Waals surface area (Å²) in [5, 5.41) is 4.25. The molecule has 100 valence electrons. The first-order valence-electron chi connectivity index (χ1n) is 6.31. The Morgan fingerprint density at radius 3 is 2.95 bits per heavy atom. The van der Waals surface area contributed by atoms with E-state index >= 15 is 0 Å². The van der Waals surface area contributed by atoms with Crippen LogP contribution in [0.5, 0.6) is 0 Å². The number of pyridine rings is 1. The molecule has 1 saturated heterocycles. The van der Waals surface area contributed by atoms with Gasteiger partial charge in [0.2, 0.25) is 0 Å². The van der Waals surface area contributed by atoms with Gasteiger partial charge in [0.15, 0.2) is 5.65 Å². The number of hydrogen-bond acceptors (Lipinski definition) is 5. The molecule has 0 aliphatic carbocycles. The van der Waals surface area contributed by atoms with E-state index in [-0.39, 0.29) is 5.82 Å². The van der Waals surface area contributed by atoms with Crippen LogP contribution >= 0.6 is 0 Å². The lowest BCUT2D eigenvalue weighted by molar-refractivity contribution is 0.0586. The molecule has 0 spiro atoms. The van der Waals surface area contributed by atoms with Gasteiger partial charge in [0.25, 0.3) is 5.82 Å². The topological polar surface area (TPSA) is 65.7 Å². The molecule has 19 heavy (non-hydrogen) atoms. The lowest BCUT2D eigenvalue weighted by atomic mass is 9.96. The lowest BCUT2D eigenvalue weighted by Crippen LogP contribution is -2.17. The van der Waals surface area contributed by atoms with E-state index in [0.717, 1.165) is 31.7 Å². The van der Waals surface area contributed by atoms with Crippen molar-refractivity contribution in [3.8, 4) is 0 Å². The second-order valence-electron chi connectivity index (χ2n) is 4.53. The SMILES string of the molecule is COC(=O)c1nc2cccc(C3CCOCC3)n2n1. The zero-order chi connectivity index (χ0) is 13.2. The van der Waals surface area contributed by atoms with Crippen molar-refractivity contribution in [1.29, 1.82) is 0 Å². The molecule has 2 aromatic rings. The Hall–Kier alpha value is -1.95. The van der Waals surface area contributed by atoms with E-state index in [1.807, 2.05) is 18.2 Å². The fourth-order valence-electron chi connectivity index (χ4n) is 2.41. The van der Waals surface area contributed by atoms with Gasteiger partial charge in [-0.1, -0.05) is 6.07 Å². The summed E-state index contributed by atoms with van der Waals surface area (Å²) in [6, 6.07) is 5.80. The molecule has 1 aliphatic heterocycles. The maximum atomic E-state index is 11.5. The zero-order valence-corrected chi connectivity index (χ0v) is 10.7. The van der Waals surface area contributed by atoms with Crippen LogP contribution in [0, 0.1) is 0 Å². The minimum absolute atomic E-state index is 0.0991. The average molecular weight is 261 g/mol. The van der Waals surface area contributed by atoms with Gasteiger partial charge in [-0.2, -0.15) is 0 Å². The Bertz CT molecular complexity index is 602. The van der Waals surface area contributed by atoms with Crippen molar-refractivity contribution in [2.24, 2.45) is 0 Å². The van der Waals surface area contributed by atoms with Gasteiger partial charge in [-0.25, -0.2) is 14.3 Å². The molecule has 0 bridgehead atoms. The van der Waals surface area contributed by atoms with Gasteiger partial charge in [-0.05, 0) is 25.0 Å². The summed E-state index contributed by atoms with van der Waals surface area (Å²) >= 11 is 0. The first kappa shape index (κ1) is 12.1. The Kier molecular flexibility index (Phi) is 3.16. The number of nitrogens with zero attached hydrogens (tertiary/aromatic N) is 3. The van der Waals surface area contributed by atoms with E-state index in [9.17, 15) is 4.79 Å². The highest BCUT2D eigenvalue weighted by Crippen LogP contribution is 2.26.